The first-order chi connectivity index (χ1) is 10.8. The van der Waals surface area contributed by atoms with Crippen molar-refractivity contribution >= 4 is 22.7 Å². The molecule has 8 heteroatoms. The highest BCUT2D eigenvalue weighted by atomic mass is 19.4. The second-order valence-corrected chi connectivity index (χ2v) is 4.72. The highest BCUT2D eigenvalue weighted by Crippen LogP contribution is 2.32. The molecule has 0 saturated heterocycles. The van der Waals surface area contributed by atoms with Crippen molar-refractivity contribution in [1.82, 2.24) is 4.98 Å². The van der Waals surface area contributed by atoms with E-state index in [2.05, 4.69) is 10.3 Å². The second kappa shape index (κ2) is 5.31. The number of halogens is 3. The van der Waals surface area contributed by atoms with Gasteiger partial charge in [-0.05, 0) is 30.3 Å². The van der Waals surface area contributed by atoms with Crippen molar-refractivity contribution < 1.29 is 22.4 Å². The molecule has 118 valence electrons. The summed E-state index contributed by atoms with van der Waals surface area (Å²) in [5.74, 6) is -1.56. The van der Waals surface area contributed by atoms with Gasteiger partial charge in [-0.25, -0.2) is 4.79 Å². The second-order valence-electron chi connectivity index (χ2n) is 4.72. The van der Waals surface area contributed by atoms with Crippen LogP contribution in [-0.4, -0.2) is 10.9 Å². The highest BCUT2D eigenvalue weighted by molar-refractivity contribution is 6.06. The van der Waals surface area contributed by atoms with Gasteiger partial charge in [0.05, 0.1) is 16.6 Å². The number of anilines is 1. The fourth-order valence-electron chi connectivity index (χ4n) is 2.16. The van der Waals surface area contributed by atoms with Crippen LogP contribution in [0.15, 0.2) is 51.7 Å². The molecule has 0 bridgehead atoms. The number of hydrogen-bond donors (Lipinski definition) is 2. The number of carbonyl (C=O) groups is 1. The lowest BCUT2D eigenvalue weighted by atomic mass is 10.1. The Bertz CT molecular complexity index is 941. The molecule has 0 atom stereocenters. The van der Waals surface area contributed by atoms with Crippen molar-refractivity contribution in [3.05, 3.63) is 64.1 Å². The van der Waals surface area contributed by atoms with Gasteiger partial charge in [0.2, 0.25) is 0 Å². The molecule has 0 fully saturated rings. The third-order valence-electron chi connectivity index (χ3n) is 3.15. The van der Waals surface area contributed by atoms with Gasteiger partial charge in [0.1, 0.15) is 0 Å². The first kappa shape index (κ1) is 14.9. The quantitative estimate of drug-likeness (QED) is 0.759. The van der Waals surface area contributed by atoms with E-state index in [0.717, 1.165) is 12.1 Å². The predicted octanol–water partition coefficient (Wildman–Crippen LogP) is 3.39. The van der Waals surface area contributed by atoms with Gasteiger partial charge in [-0.3, -0.25) is 9.78 Å². The molecule has 3 rings (SSSR count). The van der Waals surface area contributed by atoms with Crippen molar-refractivity contribution in [2.24, 2.45) is 0 Å². The number of alkyl halides is 3. The van der Waals surface area contributed by atoms with Gasteiger partial charge in [0, 0.05) is 5.69 Å². The number of benzene rings is 2. The summed E-state index contributed by atoms with van der Waals surface area (Å²) in [6.45, 7) is 0. The summed E-state index contributed by atoms with van der Waals surface area (Å²) < 4.78 is 43.6. The Morgan fingerprint density at radius 1 is 1.13 bits per heavy atom. The van der Waals surface area contributed by atoms with Crippen molar-refractivity contribution in [1.29, 1.82) is 0 Å². The molecule has 2 N–H and O–H groups in total. The molecule has 0 aliphatic carbocycles. The van der Waals surface area contributed by atoms with Crippen LogP contribution < -0.4 is 11.1 Å². The number of fused-ring (bicyclic) bond motifs is 1. The lowest BCUT2D eigenvalue weighted by Gasteiger charge is -2.12. The van der Waals surface area contributed by atoms with Gasteiger partial charge in [0.25, 0.3) is 5.91 Å². The third-order valence-corrected chi connectivity index (χ3v) is 3.15. The minimum Gasteiger partial charge on any atom is -0.408 e. The maximum absolute atomic E-state index is 12.9. The van der Waals surface area contributed by atoms with E-state index >= 15 is 0 Å². The molecule has 0 saturated carbocycles. The molecule has 0 aliphatic rings. The minimum atomic E-state index is -4.63. The number of H-pyrrole nitrogens is 1. The summed E-state index contributed by atoms with van der Waals surface area (Å²) in [6, 6.07) is 8.74. The van der Waals surface area contributed by atoms with Crippen LogP contribution in [0.4, 0.5) is 18.9 Å². The molecule has 0 aliphatic heterocycles. The molecule has 1 aromatic heterocycles. The number of amides is 1. The SMILES string of the molecule is O=C(Nc1ccc2oc(=O)[nH]c2c1)c1ccccc1C(F)(F)F. The molecule has 23 heavy (non-hydrogen) atoms. The fraction of sp³-hybridized carbons (Fsp3) is 0.0667. The van der Waals surface area contributed by atoms with E-state index in [1.54, 1.807) is 0 Å². The minimum absolute atomic E-state index is 0.233. The van der Waals surface area contributed by atoms with Gasteiger partial charge < -0.3 is 9.73 Å². The van der Waals surface area contributed by atoms with Gasteiger partial charge in [0.15, 0.2) is 5.58 Å². The number of hydrogen-bond acceptors (Lipinski definition) is 3. The average molecular weight is 322 g/mol. The fourth-order valence-corrected chi connectivity index (χ4v) is 2.16. The van der Waals surface area contributed by atoms with Crippen LogP contribution in [0.25, 0.3) is 11.1 Å². The Kier molecular flexibility index (Phi) is 3.44. The van der Waals surface area contributed by atoms with E-state index in [0.29, 0.717) is 5.52 Å². The van der Waals surface area contributed by atoms with Crippen LogP contribution in [0.5, 0.6) is 0 Å². The number of rotatable bonds is 2. The van der Waals surface area contributed by atoms with Crippen LogP contribution in [-0.2, 0) is 6.18 Å². The number of carbonyl (C=O) groups excluding carboxylic acids is 1. The number of aromatic amines is 1. The average Bonchev–Trinajstić information content (AvgIpc) is 2.85. The summed E-state index contributed by atoms with van der Waals surface area (Å²) in [5, 5.41) is 2.37. The van der Waals surface area contributed by atoms with Crippen LogP contribution in [0, 0.1) is 0 Å². The van der Waals surface area contributed by atoms with Gasteiger partial charge >= 0.3 is 11.9 Å². The highest BCUT2D eigenvalue weighted by Gasteiger charge is 2.34. The molecule has 3 aromatic rings. The maximum Gasteiger partial charge on any atom is 0.417 e. The van der Waals surface area contributed by atoms with E-state index < -0.39 is 29.0 Å². The Morgan fingerprint density at radius 3 is 2.61 bits per heavy atom. The van der Waals surface area contributed by atoms with Crippen LogP contribution in [0.2, 0.25) is 0 Å². The molecule has 1 heterocycles. The zero-order chi connectivity index (χ0) is 16.6. The zero-order valence-electron chi connectivity index (χ0n) is 11.4. The Hall–Kier alpha value is -3.03. The number of nitrogens with one attached hydrogen (secondary N) is 2. The first-order valence-electron chi connectivity index (χ1n) is 6.45. The van der Waals surface area contributed by atoms with Crippen molar-refractivity contribution in [2.75, 3.05) is 5.32 Å². The molecular weight excluding hydrogens is 313 g/mol. The summed E-state index contributed by atoms with van der Waals surface area (Å²) in [5.41, 5.74) is -0.659. The summed E-state index contributed by atoms with van der Waals surface area (Å²) in [6.07, 6.45) is -4.63. The molecule has 5 nitrogen and oxygen atoms in total. The van der Waals surface area contributed by atoms with E-state index in [9.17, 15) is 22.8 Å². The Labute approximate surface area is 126 Å². The normalized spacial score (nSPS) is 11.6. The molecule has 2 aromatic carbocycles. The standard InChI is InChI=1S/C15H9F3N2O3/c16-15(17,18)10-4-2-1-3-9(10)13(21)19-8-5-6-12-11(7-8)20-14(22)23-12/h1-7H,(H,19,21)(H,20,22). The Balaban J connectivity index is 1.93. The first-order valence-corrected chi connectivity index (χ1v) is 6.45. The smallest absolute Gasteiger partial charge is 0.408 e. The maximum atomic E-state index is 12.9. The topological polar surface area (TPSA) is 75.1 Å². The van der Waals surface area contributed by atoms with E-state index in [4.69, 9.17) is 4.42 Å². The zero-order valence-corrected chi connectivity index (χ0v) is 11.4. The van der Waals surface area contributed by atoms with Crippen molar-refractivity contribution in [3.8, 4) is 0 Å². The molecule has 0 radical (unpaired) electrons. The number of aromatic nitrogens is 1. The lowest BCUT2D eigenvalue weighted by Crippen LogP contribution is -2.18. The summed E-state index contributed by atoms with van der Waals surface area (Å²) >= 11 is 0. The van der Waals surface area contributed by atoms with Crippen molar-refractivity contribution in [2.45, 2.75) is 6.18 Å². The third kappa shape index (κ3) is 2.96. The summed E-state index contributed by atoms with van der Waals surface area (Å²) in [7, 11) is 0. The molecule has 0 spiro atoms. The van der Waals surface area contributed by atoms with Crippen LogP contribution >= 0.6 is 0 Å². The number of oxazole rings is 1. The monoisotopic (exact) mass is 322 g/mol. The van der Waals surface area contributed by atoms with E-state index in [1.165, 1.54) is 30.3 Å². The van der Waals surface area contributed by atoms with Crippen molar-refractivity contribution in [3.63, 3.8) is 0 Å². The van der Waals surface area contributed by atoms with E-state index in [1.807, 2.05) is 0 Å². The van der Waals surface area contributed by atoms with E-state index in [-0.39, 0.29) is 11.3 Å². The Morgan fingerprint density at radius 2 is 1.87 bits per heavy atom. The van der Waals surface area contributed by atoms with Gasteiger partial charge in [-0.1, -0.05) is 12.1 Å². The lowest BCUT2D eigenvalue weighted by molar-refractivity contribution is -0.137. The summed E-state index contributed by atoms with van der Waals surface area (Å²) in [4.78, 5) is 25.6. The molecule has 0 unspecified atom stereocenters. The molecule has 1 amide bonds. The van der Waals surface area contributed by atoms with Gasteiger partial charge in [-0.2, -0.15) is 13.2 Å². The largest absolute Gasteiger partial charge is 0.417 e. The van der Waals surface area contributed by atoms with Gasteiger partial charge in [-0.15, -0.1) is 0 Å². The predicted molar refractivity (Wildman–Crippen MR) is 76.2 cm³/mol. The molecular formula is C15H9F3N2O3. The van der Waals surface area contributed by atoms with Crippen LogP contribution in [0.3, 0.4) is 0 Å². The van der Waals surface area contributed by atoms with Crippen LogP contribution in [0.1, 0.15) is 15.9 Å².